The van der Waals surface area contributed by atoms with E-state index in [1.807, 2.05) is 12.1 Å². The quantitative estimate of drug-likeness (QED) is 0.493. The van der Waals surface area contributed by atoms with E-state index in [2.05, 4.69) is 70.9 Å². The molecule has 1 aromatic carbocycles. The largest absolute Gasteiger partial charge is 0.507 e. The number of hydrogen-bond acceptors (Lipinski definition) is 4. The standard InChI is InChI=1S/C26H35N3O3/c1-24(2,3)14-9-13(10-15(21(14)31)25(4,5)6)18-19-16(11-26(7,8)12-17(19)30)27-22-20(18)23(32)29-28-22/h9-10,18,31H,11-12H2,1-8H3,(H3,27,28,29,32)/t18-/m1/s1. The molecular weight excluding hydrogens is 402 g/mol. The Hall–Kier alpha value is -2.76. The number of phenolic OH excluding ortho intramolecular Hbond substituents is 1. The van der Waals surface area contributed by atoms with Crippen molar-refractivity contribution in [3.05, 3.63) is 56.0 Å². The van der Waals surface area contributed by atoms with Gasteiger partial charge >= 0.3 is 0 Å². The van der Waals surface area contributed by atoms with Crippen LogP contribution < -0.4 is 10.9 Å². The van der Waals surface area contributed by atoms with E-state index >= 15 is 0 Å². The predicted molar refractivity (Wildman–Crippen MR) is 127 cm³/mol. The van der Waals surface area contributed by atoms with Crippen LogP contribution in [0.25, 0.3) is 0 Å². The van der Waals surface area contributed by atoms with Gasteiger partial charge in [0.05, 0.1) is 5.56 Å². The minimum absolute atomic E-state index is 0.0719. The summed E-state index contributed by atoms with van der Waals surface area (Å²) < 4.78 is 0. The smallest absolute Gasteiger partial charge is 0.270 e. The molecule has 0 radical (unpaired) electrons. The van der Waals surface area contributed by atoms with Crippen LogP contribution in [0, 0.1) is 5.41 Å². The van der Waals surface area contributed by atoms with Gasteiger partial charge in [0, 0.05) is 23.6 Å². The van der Waals surface area contributed by atoms with Crippen LogP contribution >= 0.6 is 0 Å². The van der Waals surface area contributed by atoms with Gasteiger partial charge in [-0.05, 0) is 39.4 Å². The van der Waals surface area contributed by atoms with E-state index in [0.717, 1.165) is 28.8 Å². The summed E-state index contributed by atoms with van der Waals surface area (Å²) >= 11 is 0. The molecule has 6 nitrogen and oxygen atoms in total. The molecule has 6 heteroatoms. The predicted octanol–water partition coefficient (Wildman–Crippen LogP) is 5.20. The number of carbonyl (C=O) groups excluding carboxylic acids is 1. The first-order valence-electron chi connectivity index (χ1n) is 11.3. The third-order valence-corrected chi connectivity index (χ3v) is 6.67. The number of rotatable bonds is 1. The number of aromatic nitrogens is 2. The third-order valence-electron chi connectivity index (χ3n) is 6.67. The first-order valence-corrected chi connectivity index (χ1v) is 11.3. The summed E-state index contributed by atoms with van der Waals surface area (Å²) in [5.74, 6) is 0.494. The molecule has 2 aromatic rings. The highest BCUT2D eigenvalue weighted by Crippen LogP contribution is 2.49. The molecule has 2 heterocycles. The number of aromatic hydroxyl groups is 1. The fourth-order valence-corrected chi connectivity index (χ4v) is 5.12. The Morgan fingerprint density at radius 3 is 2.03 bits per heavy atom. The summed E-state index contributed by atoms with van der Waals surface area (Å²) in [5.41, 5.74) is 3.58. The summed E-state index contributed by atoms with van der Waals surface area (Å²) in [6, 6.07) is 3.96. The summed E-state index contributed by atoms with van der Waals surface area (Å²) in [6.45, 7) is 16.6. The minimum Gasteiger partial charge on any atom is -0.507 e. The van der Waals surface area contributed by atoms with Crippen molar-refractivity contribution in [2.45, 2.75) is 85.0 Å². The number of fused-ring (bicyclic) bond motifs is 1. The normalized spacial score (nSPS) is 20.6. The van der Waals surface area contributed by atoms with Gasteiger partial charge in [0.1, 0.15) is 11.6 Å². The van der Waals surface area contributed by atoms with Crippen LogP contribution in [-0.4, -0.2) is 21.1 Å². The topological polar surface area (TPSA) is 98.0 Å². The molecule has 32 heavy (non-hydrogen) atoms. The van der Waals surface area contributed by atoms with Crippen LogP contribution in [0.2, 0.25) is 0 Å². The van der Waals surface area contributed by atoms with Gasteiger partial charge in [-0.25, -0.2) is 0 Å². The molecule has 1 atom stereocenters. The lowest BCUT2D eigenvalue weighted by Crippen LogP contribution is -2.35. The number of phenols is 1. The Kier molecular flexibility index (Phi) is 4.81. The van der Waals surface area contributed by atoms with E-state index in [4.69, 9.17) is 0 Å². The lowest BCUT2D eigenvalue weighted by Gasteiger charge is -2.38. The van der Waals surface area contributed by atoms with Crippen molar-refractivity contribution >= 4 is 11.6 Å². The maximum atomic E-state index is 13.4. The summed E-state index contributed by atoms with van der Waals surface area (Å²) in [6.07, 6.45) is 1.17. The monoisotopic (exact) mass is 437 g/mol. The van der Waals surface area contributed by atoms with Crippen molar-refractivity contribution < 1.29 is 9.90 Å². The van der Waals surface area contributed by atoms with Crippen LogP contribution in [0.4, 0.5) is 5.82 Å². The molecule has 1 aromatic heterocycles. The second-order valence-electron chi connectivity index (χ2n) is 12.2. The number of H-pyrrole nitrogens is 2. The second-order valence-corrected chi connectivity index (χ2v) is 12.2. The highest BCUT2D eigenvalue weighted by molar-refractivity contribution is 6.01. The van der Waals surface area contributed by atoms with Crippen LogP contribution in [-0.2, 0) is 15.6 Å². The van der Waals surface area contributed by atoms with Crippen LogP contribution in [0.5, 0.6) is 5.75 Å². The van der Waals surface area contributed by atoms with E-state index in [1.54, 1.807) is 0 Å². The average Bonchev–Trinajstić information content (AvgIpc) is 2.98. The molecule has 0 bridgehead atoms. The summed E-state index contributed by atoms with van der Waals surface area (Å²) in [5, 5.41) is 20.2. The molecule has 1 aliphatic carbocycles. The van der Waals surface area contributed by atoms with Crippen molar-refractivity contribution in [2.24, 2.45) is 5.41 Å². The molecule has 0 saturated heterocycles. The maximum Gasteiger partial charge on any atom is 0.270 e. The number of benzene rings is 1. The van der Waals surface area contributed by atoms with Crippen molar-refractivity contribution in [1.29, 1.82) is 0 Å². The Balaban J connectivity index is 2.05. The highest BCUT2D eigenvalue weighted by atomic mass is 16.3. The van der Waals surface area contributed by atoms with Crippen molar-refractivity contribution in [1.82, 2.24) is 10.2 Å². The zero-order valence-electron chi connectivity index (χ0n) is 20.4. The van der Waals surface area contributed by atoms with Gasteiger partial charge in [-0.2, -0.15) is 0 Å². The van der Waals surface area contributed by atoms with Gasteiger partial charge in [-0.3, -0.25) is 19.8 Å². The minimum atomic E-state index is -0.484. The Bertz CT molecular complexity index is 1160. The molecule has 4 N–H and O–H groups in total. The zero-order chi connectivity index (χ0) is 23.8. The highest BCUT2D eigenvalue weighted by Gasteiger charge is 2.43. The van der Waals surface area contributed by atoms with E-state index in [9.17, 15) is 14.7 Å². The lowest BCUT2D eigenvalue weighted by atomic mass is 9.68. The summed E-state index contributed by atoms with van der Waals surface area (Å²) in [7, 11) is 0. The number of Topliss-reactive ketones (excluding diaryl/α,β-unsaturated/α-hetero) is 1. The Labute approximate surface area is 189 Å². The van der Waals surface area contributed by atoms with E-state index < -0.39 is 5.92 Å². The van der Waals surface area contributed by atoms with Crippen molar-refractivity contribution in [3.8, 4) is 5.75 Å². The van der Waals surface area contributed by atoms with Gasteiger partial charge < -0.3 is 10.4 Å². The third kappa shape index (κ3) is 3.59. The first-order chi connectivity index (χ1) is 14.6. The van der Waals surface area contributed by atoms with E-state index in [-0.39, 0.29) is 33.3 Å². The van der Waals surface area contributed by atoms with Gasteiger partial charge in [0.25, 0.3) is 5.56 Å². The number of nitrogens with one attached hydrogen (secondary N) is 3. The zero-order valence-corrected chi connectivity index (χ0v) is 20.4. The van der Waals surface area contributed by atoms with Gasteiger partial charge in [-0.15, -0.1) is 0 Å². The number of anilines is 1. The fraction of sp³-hybridized carbons (Fsp3) is 0.538. The van der Waals surface area contributed by atoms with E-state index in [1.165, 1.54) is 0 Å². The molecule has 172 valence electrons. The lowest BCUT2D eigenvalue weighted by molar-refractivity contribution is -0.118. The number of ketones is 1. The van der Waals surface area contributed by atoms with Crippen LogP contribution in [0.15, 0.2) is 28.2 Å². The Morgan fingerprint density at radius 2 is 1.50 bits per heavy atom. The number of allylic oxidation sites excluding steroid dienone is 2. The number of aromatic amines is 2. The van der Waals surface area contributed by atoms with Crippen molar-refractivity contribution in [3.63, 3.8) is 0 Å². The van der Waals surface area contributed by atoms with Gasteiger partial charge in [-0.1, -0.05) is 67.5 Å². The van der Waals surface area contributed by atoms with E-state index in [0.29, 0.717) is 23.4 Å². The molecule has 0 unspecified atom stereocenters. The molecule has 4 rings (SSSR count). The van der Waals surface area contributed by atoms with Crippen LogP contribution in [0.1, 0.15) is 96.4 Å². The molecule has 2 aliphatic rings. The molecule has 1 aliphatic heterocycles. The van der Waals surface area contributed by atoms with Crippen LogP contribution in [0.3, 0.4) is 0 Å². The van der Waals surface area contributed by atoms with Crippen molar-refractivity contribution in [2.75, 3.05) is 5.32 Å². The Morgan fingerprint density at radius 1 is 0.938 bits per heavy atom. The molecular formula is C26H35N3O3. The molecule has 0 spiro atoms. The van der Waals surface area contributed by atoms with Gasteiger partial charge in [0.2, 0.25) is 0 Å². The maximum absolute atomic E-state index is 13.4. The second kappa shape index (κ2) is 6.87. The molecule has 0 amide bonds. The number of carbonyl (C=O) groups is 1. The fourth-order valence-electron chi connectivity index (χ4n) is 5.12. The number of hydrogen-bond donors (Lipinski definition) is 4. The molecule has 0 saturated carbocycles. The molecule has 0 fully saturated rings. The SMILES string of the molecule is CC1(C)CC(=O)C2=C(C1)Nc1[nH][nH]c(=O)c1[C@@H]2c1cc(C(C)(C)C)c(O)c(C(C)(C)C)c1. The first kappa shape index (κ1) is 22.4. The average molecular weight is 438 g/mol. The van der Waals surface area contributed by atoms with Gasteiger partial charge in [0.15, 0.2) is 5.78 Å². The summed E-state index contributed by atoms with van der Waals surface area (Å²) in [4.78, 5) is 26.3.